The molecule has 0 N–H and O–H groups in total. The van der Waals surface area contributed by atoms with E-state index in [1.807, 2.05) is 12.3 Å². The number of hydrogen-bond donors (Lipinski definition) is 0. The number of ether oxygens (including phenoxy) is 1. The molecule has 0 radical (unpaired) electrons. The molecule has 0 bridgehead atoms. The molecule has 0 atom stereocenters. The van der Waals surface area contributed by atoms with Gasteiger partial charge in [-0.05, 0) is 75.6 Å². The molecule has 0 amide bonds. The van der Waals surface area contributed by atoms with Crippen molar-refractivity contribution in [1.29, 1.82) is 0 Å². The molecule has 2 aromatic heterocycles. The first-order valence-corrected chi connectivity index (χ1v) is 14.2. The second kappa shape index (κ2) is 9.05. The fraction of sp³-hybridized carbons (Fsp3) is 0.389. The predicted octanol–water partition coefficient (Wildman–Crippen LogP) is 9.45. The van der Waals surface area contributed by atoms with Crippen molar-refractivity contribution < 1.29 is 13.6 Å². The molecule has 5 aromatic rings. The molecule has 202 valence electrons. The second-order valence-corrected chi connectivity index (χ2v) is 13.8. The average molecular weight is 521 g/mol. The molecule has 3 heteroatoms. The van der Waals surface area contributed by atoms with E-state index in [4.69, 9.17) is 13.6 Å². The Bertz CT molecular complexity index is 1670. The zero-order valence-electron chi connectivity index (χ0n) is 24.4. The van der Waals surface area contributed by atoms with Crippen molar-refractivity contribution >= 4 is 21.9 Å². The zero-order chi connectivity index (χ0) is 27.6. The Hall–Kier alpha value is -3.46. The lowest BCUT2D eigenvalue weighted by atomic mass is 9.74. The van der Waals surface area contributed by atoms with Crippen LogP contribution in [-0.2, 0) is 35.5 Å². The van der Waals surface area contributed by atoms with Gasteiger partial charge in [-0.25, -0.2) is 0 Å². The van der Waals surface area contributed by atoms with Crippen LogP contribution in [0.3, 0.4) is 0 Å². The first-order valence-electron chi connectivity index (χ1n) is 14.2. The Labute approximate surface area is 232 Å². The van der Waals surface area contributed by atoms with Crippen LogP contribution in [0.1, 0.15) is 81.8 Å². The smallest absolute Gasteiger partial charge is 0.137 e. The molecular weight excluding hydrogens is 480 g/mol. The largest absolute Gasteiger partial charge is 0.493 e. The van der Waals surface area contributed by atoms with Crippen molar-refractivity contribution in [2.45, 2.75) is 84.0 Å². The summed E-state index contributed by atoms with van der Waals surface area (Å²) in [4.78, 5) is 0. The van der Waals surface area contributed by atoms with Gasteiger partial charge in [0, 0.05) is 28.3 Å². The van der Waals surface area contributed by atoms with Gasteiger partial charge in [0.15, 0.2) is 0 Å². The summed E-state index contributed by atoms with van der Waals surface area (Å²) in [5.74, 6) is 1.11. The van der Waals surface area contributed by atoms with Crippen molar-refractivity contribution in [3.05, 3.63) is 101 Å². The first-order chi connectivity index (χ1) is 18.4. The highest BCUT2D eigenvalue weighted by Gasteiger charge is 2.31. The van der Waals surface area contributed by atoms with E-state index in [1.54, 1.807) is 6.26 Å². The van der Waals surface area contributed by atoms with E-state index in [-0.39, 0.29) is 16.2 Å². The summed E-state index contributed by atoms with van der Waals surface area (Å²) in [5.41, 5.74) is 9.72. The molecule has 0 spiro atoms. The first kappa shape index (κ1) is 25.8. The molecular formula is C36H40O3. The third-order valence-electron chi connectivity index (χ3n) is 8.52. The van der Waals surface area contributed by atoms with E-state index in [9.17, 15) is 0 Å². The van der Waals surface area contributed by atoms with Gasteiger partial charge in [0.05, 0.1) is 19.1 Å². The fourth-order valence-electron chi connectivity index (χ4n) is 6.38. The van der Waals surface area contributed by atoms with Crippen molar-refractivity contribution in [3.8, 4) is 5.75 Å². The van der Waals surface area contributed by atoms with Crippen LogP contribution in [-0.4, -0.2) is 6.61 Å². The van der Waals surface area contributed by atoms with Gasteiger partial charge in [0.2, 0.25) is 0 Å². The van der Waals surface area contributed by atoms with Gasteiger partial charge in [0.25, 0.3) is 0 Å². The van der Waals surface area contributed by atoms with E-state index >= 15 is 0 Å². The van der Waals surface area contributed by atoms with Gasteiger partial charge in [-0.2, -0.15) is 0 Å². The minimum atomic E-state index is -0.119. The number of furan rings is 2. The van der Waals surface area contributed by atoms with Crippen LogP contribution >= 0.6 is 0 Å². The van der Waals surface area contributed by atoms with E-state index in [0.717, 1.165) is 48.2 Å². The maximum Gasteiger partial charge on any atom is 0.137 e. The molecule has 1 aliphatic rings. The molecule has 0 saturated heterocycles. The summed E-state index contributed by atoms with van der Waals surface area (Å²) in [6.45, 7) is 17.0. The van der Waals surface area contributed by atoms with Crippen LogP contribution in [0.5, 0.6) is 5.75 Å². The highest BCUT2D eigenvalue weighted by Crippen LogP contribution is 2.42. The summed E-state index contributed by atoms with van der Waals surface area (Å²) in [5, 5.41) is 2.32. The highest BCUT2D eigenvalue weighted by molar-refractivity contribution is 5.82. The lowest BCUT2D eigenvalue weighted by Crippen LogP contribution is -2.24. The van der Waals surface area contributed by atoms with Crippen LogP contribution in [0, 0.1) is 0 Å². The molecule has 1 aliphatic heterocycles. The van der Waals surface area contributed by atoms with Gasteiger partial charge in [-0.3, -0.25) is 0 Å². The standard InChI is InChI=1S/C36H40O3/c1-34(2,3)29-18-23(16-26-11-14-38-32(26)29)22-36(6,7)30-19-24(17-27-12-15-39-33(27)30)21-35(4,5)28-9-8-25-10-13-37-31(25)20-28/h8-10,12-13,15-20H,11,14,21-22H2,1-7H3. The van der Waals surface area contributed by atoms with E-state index in [0.29, 0.717) is 0 Å². The number of benzene rings is 3. The number of hydrogen-bond acceptors (Lipinski definition) is 3. The third-order valence-corrected chi connectivity index (χ3v) is 8.52. The van der Waals surface area contributed by atoms with Crippen LogP contribution in [0.4, 0.5) is 0 Å². The van der Waals surface area contributed by atoms with Crippen LogP contribution in [0.15, 0.2) is 76.0 Å². The highest BCUT2D eigenvalue weighted by atomic mass is 16.5. The molecule has 3 aromatic carbocycles. The lowest BCUT2D eigenvalue weighted by Gasteiger charge is -2.30. The van der Waals surface area contributed by atoms with Crippen LogP contribution < -0.4 is 4.74 Å². The van der Waals surface area contributed by atoms with Crippen molar-refractivity contribution in [2.24, 2.45) is 0 Å². The van der Waals surface area contributed by atoms with Crippen LogP contribution in [0.25, 0.3) is 21.9 Å². The molecule has 0 aliphatic carbocycles. The lowest BCUT2D eigenvalue weighted by molar-refractivity contribution is 0.346. The summed E-state index contributed by atoms with van der Waals surface area (Å²) in [7, 11) is 0. The quantitative estimate of drug-likeness (QED) is 0.224. The molecule has 0 saturated carbocycles. The fourth-order valence-corrected chi connectivity index (χ4v) is 6.38. The van der Waals surface area contributed by atoms with Gasteiger partial charge in [-0.15, -0.1) is 0 Å². The van der Waals surface area contributed by atoms with Gasteiger partial charge in [0.1, 0.15) is 16.9 Å². The van der Waals surface area contributed by atoms with Crippen molar-refractivity contribution in [3.63, 3.8) is 0 Å². The minimum Gasteiger partial charge on any atom is -0.493 e. The molecule has 0 unspecified atom stereocenters. The number of fused-ring (bicyclic) bond motifs is 3. The molecule has 39 heavy (non-hydrogen) atoms. The van der Waals surface area contributed by atoms with E-state index in [2.05, 4.69) is 97.0 Å². The summed E-state index contributed by atoms with van der Waals surface area (Å²) >= 11 is 0. The molecule has 6 rings (SSSR count). The Morgan fingerprint density at radius 3 is 2.15 bits per heavy atom. The SMILES string of the molecule is CC(C)(C)c1cc(CC(C)(C)c2cc(CC(C)(C)c3ccc4ccoc4c3)cc3ccoc23)cc2c1OCC2. The molecule has 3 nitrogen and oxygen atoms in total. The molecule has 0 fully saturated rings. The summed E-state index contributed by atoms with van der Waals surface area (Å²) in [6, 6.07) is 20.2. The minimum absolute atomic E-state index is 0.0347. The zero-order valence-corrected chi connectivity index (χ0v) is 24.4. The Kier molecular flexibility index (Phi) is 5.98. The normalized spacial score (nSPS) is 14.2. The van der Waals surface area contributed by atoms with Crippen LogP contribution in [0.2, 0.25) is 0 Å². The maximum absolute atomic E-state index is 6.10. The van der Waals surface area contributed by atoms with E-state index < -0.39 is 0 Å². The van der Waals surface area contributed by atoms with Gasteiger partial charge >= 0.3 is 0 Å². The third kappa shape index (κ3) is 4.77. The Morgan fingerprint density at radius 2 is 1.36 bits per heavy atom. The van der Waals surface area contributed by atoms with Crippen molar-refractivity contribution in [1.82, 2.24) is 0 Å². The Balaban J connectivity index is 1.36. The summed E-state index contributed by atoms with van der Waals surface area (Å²) in [6.07, 6.45) is 6.44. The average Bonchev–Trinajstić information content (AvgIpc) is 3.61. The van der Waals surface area contributed by atoms with E-state index in [1.165, 1.54) is 38.8 Å². The van der Waals surface area contributed by atoms with Crippen molar-refractivity contribution in [2.75, 3.05) is 6.61 Å². The van der Waals surface area contributed by atoms with Gasteiger partial charge < -0.3 is 13.6 Å². The summed E-state index contributed by atoms with van der Waals surface area (Å²) < 4.78 is 17.9. The second-order valence-electron chi connectivity index (χ2n) is 13.8. The number of rotatable bonds is 6. The van der Waals surface area contributed by atoms with Gasteiger partial charge in [-0.1, -0.05) is 78.8 Å². The topological polar surface area (TPSA) is 35.5 Å². The molecule has 3 heterocycles. The Morgan fingerprint density at radius 1 is 0.667 bits per heavy atom. The monoisotopic (exact) mass is 520 g/mol. The maximum atomic E-state index is 6.10. The predicted molar refractivity (Wildman–Crippen MR) is 160 cm³/mol.